The predicted octanol–water partition coefficient (Wildman–Crippen LogP) is 0.893. The van der Waals surface area contributed by atoms with Gasteiger partial charge in [-0.15, -0.1) is 0 Å². The van der Waals surface area contributed by atoms with Crippen LogP contribution in [-0.4, -0.2) is 66.6 Å². The van der Waals surface area contributed by atoms with Crippen LogP contribution >= 0.6 is 12.6 Å². The van der Waals surface area contributed by atoms with E-state index >= 15 is 0 Å². The summed E-state index contributed by atoms with van der Waals surface area (Å²) in [7, 11) is 0. The third kappa shape index (κ3) is 9.04. The van der Waals surface area contributed by atoms with Crippen LogP contribution in [-0.2, 0) is 35.1 Å². The summed E-state index contributed by atoms with van der Waals surface area (Å²) in [5.74, 6) is -2.72. The summed E-state index contributed by atoms with van der Waals surface area (Å²) < 4.78 is 5.03. The number of hydrogen-bond acceptors (Lipinski definition) is 7. The van der Waals surface area contributed by atoms with E-state index in [0.29, 0.717) is 25.4 Å². The monoisotopic (exact) mass is 546 g/mol. The van der Waals surface area contributed by atoms with Crippen LogP contribution in [0.25, 0.3) is 0 Å². The van der Waals surface area contributed by atoms with Crippen molar-refractivity contribution in [3.05, 3.63) is 35.9 Å². The number of benzene rings is 1. The molecule has 0 spiro atoms. The Morgan fingerprint density at radius 1 is 1.08 bits per heavy atom. The summed E-state index contributed by atoms with van der Waals surface area (Å²) in [5, 5.41) is 10.3. The largest absolute Gasteiger partial charge is 0.466 e. The molecule has 0 unspecified atom stereocenters. The summed E-state index contributed by atoms with van der Waals surface area (Å²) in [4.78, 5) is 63.0. The molecular formula is C27H38N4O6S. The van der Waals surface area contributed by atoms with E-state index in [1.807, 2.05) is 30.3 Å². The van der Waals surface area contributed by atoms with Crippen molar-refractivity contribution in [1.29, 1.82) is 0 Å². The first-order valence-electron chi connectivity index (χ1n) is 13.3. The van der Waals surface area contributed by atoms with E-state index in [2.05, 4.69) is 33.9 Å². The Hall–Kier alpha value is -3.08. The topological polar surface area (TPSA) is 143 Å². The molecule has 1 heterocycles. The van der Waals surface area contributed by atoms with Gasteiger partial charge in [-0.3, -0.25) is 24.0 Å². The van der Waals surface area contributed by atoms with Crippen LogP contribution in [0.4, 0.5) is 0 Å². The van der Waals surface area contributed by atoms with E-state index in [9.17, 15) is 24.0 Å². The van der Waals surface area contributed by atoms with E-state index in [4.69, 9.17) is 4.74 Å². The van der Waals surface area contributed by atoms with Crippen molar-refractivity contribution in [2.75, 3.05) is 19.7 Å². The maximum Gasteiger partial charge on any atom is 0.309 e. The van der Waals surface area contributed by atoms with E-state index in [1.54, 1.807) is 6.92 Å². The Bertz CT molecular complexity index is 987. The van der Waals surface area contributed by atoms with Gasteiger partial charge < -0.3 is 26.0 Å². The van der Waals surface area contributed by atoms with Crippen molar-refractivity contribution in [3.63, 3.8) is 0 Å². The van der Waals surface area contributed by atoms with Gasteiger partial charge >= 0.3 is 17.8 Å². The molecule has 2 fully saturated rings. The lowest BCUT2D eigenvalue weighted by Gasteiger charge is -2.28. The van der Waals surface area contributed by atoms with E-state index in [1.165, 1.54) is 0 Å². The molecule has 1 saturated carbocycles. The van der Waals surface area contributed by atoms with Crippen LogP contribution in [0, 0.1) is 11.8 Å². The first-order valence-corrected chi connectivity index (χ1v) is 13.8. The second kappa shape index (κ2) is 14.8. The minimum absolute atomic E-state index is 0.0600. The number of esters is 1. The lowest BCUT2D eigenvalue weighted by atomic mass is 9.85. The lowest BCUT2D eigenvalue weighted by Crippen LogP contribution is -2.55. The average Bonchev–Trinajstić information content (AvgIpc) is 3.26. The first-order chi connectivity index (χ1) is 18.3. The van der Waals surface area contributed by atoms with Gasteiger partial charge in [-0.2, -0.15) is 12.6 Å². The summed E-state index contributed by atoms with van der Waals surface area (Å²) in [6.45, 7) is 2.90. The maximum absolute atomic E-state index is 13.5. The van der Waals surface area contributed by atoms with Crippen molar-refractivity contribution in [3.8, 4) is 0 Å². The molecule has 1 saturated heterocycles. The molecule has 1 aromatic rings. The number of rotatable bonds is 13. The van der Waals surface area contributed by atoms with Gasteiger partial charge in [0.1, 0.15) is 6.04 Å². The Morgan fingerprint density at radius 3 is 2.42 bits per heavy atom. The summed E-state index contributed by atoms with van der Waals surface area (Å²) in [6, 6.07) is 7.43. The van der Waals surface area contributed by atoms with Crippen molar-refractivity contribution < 1.29 is 28.7 Å². The fraction of sp³-hybridized carbons (Fsp3) is 0.593. The van der Waals surface area contributed by atoms with Crippen molar-refractivity contribution >= 4 is 42.2 Å². The number of hydrogen-bond donors (Lipinski definition) is 5. The van der Waals surface area contributed by atoms with Gasteiger partial charge in [-0.25, -0.2) is 0 Å². The molecule has 4 N–H and O–H groups in total. The second-order valence-electron chi connectivity index (χ2n) is 9.93. The van der Waals surface area contributed by atoms with Crippen LogP contribution in [0.3, 0.4) is 0 Å². The Kier molecular flexibility index (Phi) is 11.4. The lowest BCUT2D eigenvalue weighted by molar-refractivity contribution is -0.143. The van der Waals surface area contributed by atoms with Gasteiger partial charge in [-0.05, 0) is 44.1 Å². The van der Waals surface area contributed by atoms with Crippen molar-refractivity contribution in [2.45, 2.75) is 69.2 Å². The van der Waals surface area contributed by atoms with Gasteiger partial charge in [0.2, 0.25) is 11.8 Å². The molecule has 0 bridgehead atoms. The highest BCUT2D eigenvalue weighted by atomic mass is 32.1. The minimum atomic E-state index is -1.05. The molecule has 1 aliphatic carbocycles. The van der Waals surface area contributed by atoms with E-state index in [0.717, 1.165) is 24.8 Å². The minimum Gasteiger partial charge on any atom is -0.466 e. The number of amides is 4. The highest BCUT2D eigenvalue weighted by Crippen LogP contribution is 2.25. The Morgan fingerprint density at radius 2 is 1.82 bits per heavy atom. The van der Waals surface area contributed by atoms with Crippen LogP contribution in [0.1, 0.15) is 51.0 Å². The molecule has 1 aliphatic heterocycles. The smallest absolute Gasteiger partial charge is 0.309 e. The number of nitrogens with one attached hydrogen (secondary N) is 4. The summed E-state index contributed by atoms with van der Waals surface area (Å²) in [5.41, 5.74) is 0.795. The Labute approximate surface area is 228 Å². The molecule has 11 heteroatoms. The fourth-order valence-electron chi connectivity index (χ4n) is 4.60. The van der Waals surface area contributed by atoms with Crippen molar-refractivity contribution in [1.82, 2.24) is 21.3 Å². The second-order valence-corrected chi connectivity index (χ2v) is 10.6. The van der Waals surface area contributed by atoms with Gasteiger partial charge in [0, 0.05) is 36.7 Å². The number of carbonyl (C=O) groups excluding carboxylic acids is 5. The average molecular weight is 547 g/mol. The molecule has 208 valence electrons. The molecule has 0 aromatic heterocycles. The van der Waals surface area contributed by atoms with Crippen LogP contribution < -0.4 is 21.3 Å². The highest BCUT2D eigenvalue weighted by Gasteiger charge is 2.34. The third-order valence-electron chi connectivity index (χ3n) is 7.06. The summed E-state index contributed by atoms with van der Waals surface area (Å²) in [6.07, 6.45) is 4.15. The number of ether oxygens (including phenoxy) is 1. The normalized spacial score (nSPS) is 19.3. The highest BCUT2D eigenvalue weighted by molar-refractivity contribution is 7.81. The molecule has 3 rings (SSSR count). The first kappa shape index (κ1) is 29.5. The zero-order valence-corrected chi connectivity index (χ0v) is 22.6. The predicted molar refractivity (Wildman–Crippen MR) is 144 cm³/mol. The summed E-state index contributed by atoms with van der Waals surface area (Å²) >= 11 is 4.57. The van der Waals surface area contributed by atoms with Crippen LogP contribution in [0.5, 0.6) is 0 Å². The quantitative estimate of drug-likeness (QED) is 0.141. The fourth-order valence-corrected chi connectivity index (χ4v) is 4.95. The molecule has 0 radical (unpaired) electrons. The van der Waals surface area contributed by atoms with E-state index in [-0.39, 0.29) is 37.7 Å². The Balaban J connectivity index is 1.71. The molecular weight excluding hydrogens is 508 g/mol. The molecule has 1 aromatic carbocycles. The molecule has 10 nitrogen and oxygen atoms in total. The maximum atomic E-state index is 13.5. The molecule has 4 atom stereocenters. The van der Waals surface area contributed by atoms with Gasteiger partial charge in [-0.1, -0.05) is 36.8 Å². The zero-order valence-electron chi connectivity index (χ0n) is 21.7. The molecule has 38 heavy (non-hydrogen) atoms. The van der Waals surface area contributed by atoms with Gasteiger partial charge in [0.05, 0.1) is 13.0 Å². The third-order valence-corrected chi connectivity index (χ3v) is 7.60. The van der Waals surface area contributed by atoms with Crippen LogP contribution in [0.2, 0.25) is 0 Å². The zero-order chi connectivity index (χ0) is 27.5. The molecule has 4 amide bonds. The number of thiol groups is 1. The SMILES string of the molecule is CCOC(=O)C[C@H](S)[C@H](C[C@@H]1CCNC1=O)NC(=O)[C@H](Cc1ccccc1)NC(=O)C(=O)NCC1CCC1. The van der Waals surface area contributed by atoms with Crippen molar-refractivity contribution in [2.24, 2.45) is 11.8 Å². The number of carbonyl (C=O) groups is 5. The standard InChI is InChI=1S/C27H38N4O6S/c1-2-37-23(32)15-22(38)20(14-19-11-12-28-24(19)33)30-25(34)21(13-17-7-4-3-5-8-17)31-27(36)26(35)29-16-18-9-6-10-18/h3-5,7-8,18-22,38H,2,6,9-16H2,1H3,(H,28,33)(H,29,35)(H,30,34)(H,31,36)/t19-,20-,21-,22-/m0/s1. The van der Waals surface area contributed by atoms with Gasteiger partial charge in [0.15, 0.2) is 0 Å². The molecule has 2 aliphatic rings. The van der Waals surface area contributed by atoms with E-state index < -0.39 is 41.0 Å². The van der Waals surface area contributed by atoms with Gasteiger partial charge in [0.25, 0.3) is 0 Å². The van der Waals surface area contributed by atoms with Crippen LogP contribution in [0.15, 0.2) is 30.3 Å².